The van der Waals surface area contributed by atoms with Crippen molar-refractivity contribution in [2.75, 3.05) is 5.43 Å². The van der Waals surface area contributed by atoms with Gasteiger partial charge >= 0.3 is 0 Å². The third kappa shape index (κ3) is 4.85. The maximum Gasteiger partial charge on any atom is 0.262 e. The molecule has 16 heavy (non-hydrogen) atoms. The Morgan fingerprint density at radius 1 is 0.875 bits per heavy atom. The minimum atomic E-state index is 0.625. The van der Waals surface area contributed by atoms with Gasteiger partial charge in [-0.15, -0.1) is 5.43 Å². The summed E-state index contributed by atoms with van der Waals surface area (Å²) in [5, 5.41) is 0. The van der Waals surface area contributed by atoms with Gasteiger partial charge < -0.3 is 0 Å². The second kappa shape index (κ2) is 7.11. The van der Waals surface area contributed by atoms with Crippen LogP contribution in [0.25, 0.3) is 0 Å². The lowest BCUT2D eigenvalue weighted by Crippen LogP contribution is -2.43. The first kappa shape index (κ1) is 11.8. The molecule has 1 amide bonds. The molecule has 2 aromatic rings. The van der Waals surface area contributed by atoms with Crippen molar-refractivity contribution in [1.82, 2.24) is 0 Å². The molecule has 0 fully saturated rings. The molecule has 0 atom stereocenters. The Bertz CT molecular complexity index is 403. The molecule has 2 rings (SSSR count). The van der Waals surface area contributed by atoms with E-state index in [1.54, 1.807) is 17.1 Å². The Balaban J connectivity index is 0.000000165. The van der Waals surface area contributed by atoms with Gasteiger partial charge in [-0.1, -0.05) is 16.8 Å². The van der Waals surface area contributed by atoms with Crippen LogP contribution >= 0.6 is 0 Å². The van der Waals surface area contributed by atoms with Crippen molar-refractivity contribution in [2.24, 2.45) is 7.05 Å². The van der Waals surface area contributed by atoms with Crippen LogP contribution in [-0.2, 0) is 11.8 Å². The molecule has 0 saturated carbocycles. The molecule has 0 aliphatic heterocycles. The molecule has 2 heterocycles. The summed E-state index contributed by atoms with van der Waals surface area (Å²) >= 11 is 0. The smallest absolute Gasteiger partial charge is 0.262 e. The van der Waals surface area contributed by atoms with Gasteiger partial charge in [-0.05, 0) is 0 Å². The summed E-state index contributed by atoms with van der Waals surface area (Å²) in [6.07, 6.45) is 8.11. The van der Waals surface area contributed by atoms with Gasteiger partial charge in [0.2, 0.25) is 0 Å². The first-order valence-electron chi connectivity index (χ1n) is 4.89. The molecule has 4 heteroatoms. The highest BCUT2D eigenvalue weighted by molar-refractivity contribution is 5.53. The first-order chi connectivity index (χ1) is 7.83. The van der Waals surface area contributed by atoms with Gasteiger partial charge in [-0.25, -0.2) is 4.57 Å². The van der Waals surface area contributed by atoms with E-state index in [-0.39, 0.29) is 0 Å². The molecule has 4 nitrogen and oxygen atoms in total. The standard InChI is InChI=1S/C6H6N2O.C6H8N/c9-6-7-8-4-2-1-3-5-8;1-7-5-3-2-4-6-7/h1-6H;2-6H,1H3/q;+1/p+1. The number of carbonyl (C=O) groups excluding carboxylic acids is 1. The monoisotopic (exact) mass is 217 g/mol. The molecule has 0 bridgehead atoms. The maximum atomic E-state index is 9.84. The molecule has 0 radical (unpaired) electrons. The minimum Gasteiger partial charge on any atom is -0.273 e. The number of carbonyl (C=O) groups is 1. The largest absolute Gasteiger partial charge is 0.273 e. The van der Waals surface area contributed by atoms with Crippen LogP contribution in [0.3, 0.4) is 0 Å². The van der Waals surface area contributed by atoms with Crippen LogP contribution < -0.4 is 14.7 Å². The van der Waals surface area contributed by atoms with Crippen molar-refractivity contribution in [3.05, 3.63) is 61.2 Å². The number of aromatic nitrogens is 2. The van der Waals surface area contributed by atoms with E-state index >= 15 is 0 Å². The fraction of sp³-hybridized carbons (Fsp3) is 0.0833. The van der Waals surface area contributed by atoms with Gasteiger partial charge in [0, 0.05) is 24.3 Å². The number of pyridine rings is 2. The van der Waals surface area contributed by atoms with Crippen LogP contribution in [0.1, 0.15) is 0 Å². The maximum absolute atomic E-state index is 9.84. The van der Waals surface area contributed by atoms with E-state index in [1.165, 1.54) is 0 Å². The summed E-state index contributed by atoms with van der Waals surface area (Å²) in [7, 11) is 2.00. The van der Waals surface area contributed by atoms with Gasteiger partial charge in [0.15, 0.2) is 24.8 Å². The predicted molar refractivity (Wildman–Crippen MR) is 59.7 cm³/mol. The van der Waals surface area contributed by atoms with Crippen molar-refractivity contribution in [2.45, 2.75) is 0 Å². The highest BCUT2D eigenvalue weighted by Crippen LogP contribution is 1.72. The summed E-state index contributed by atoms with van der Waals surface area (Å²) in [5.41, 5.74) is 2.44. The summed E-state index contributed by atoms with van der Waals surface area (Å²) < 4.78 is 3.56. The van der Waals surface area contributed by atoms with Gasteiger partial charge in [-0.2, -0.15) is 0 Å². The Morgan fingerprint density at radius 3 is 1.75 bits per heavy atom. The second-order valence-corrected chi connectivity index (χ2v) is 3.07. The van der Waals surface area contributed by atoms with E-state index in [1.807, 2.05) is 60.4 Å². The number of hydrogen-bond acceptors (Lipinski definition) is 1. The lowest BCUT2D eigenvalue weighted by atomic mass is 10.5. The van der Waals surface area contributed by atoms with Crippen molar-refractivity contribution in [3.63, 3.8) is 0 Å². The number of nitrogens with zero attached hydrogens (tertiary/aromatic N) is 2. The Kier molecular flexibility index (Phi) is 5.27. The van der Waals surface area contributed by atoms with Crippen molar-refractivity contribution in [3.8, 4) is 0 Å². The SMILES string of the molecule is C[n+]1ccccc1.O=CN[n+]1ccccc1. The average molecular weight is 217 g/mol. The highest BCUT2D eigenvalue weighted by atomic mass is 16.1. The third-order valence-electron chi connectivity index (χ3n) is 1.78. The number of hydrogen-bond donors (Lipinski definition) is 1. The molecule has 0 aliphatic rings. The lowest BCUT2D eigenvalue weighted by molar-refractivity contribution is -0.671. The lowest BCUT2D eigenvalue weighted by Gasteiger charge is -1.85. The molecule has 1 N–H and O–H groups in total. The number of rotatable bonds is 2. The molecule has 0 aromatic carbocycles. The van der Waals surface area contributed by atoms with Gasteiger partial charge in [0.25, 0.3) is 6.41 Å². The molecule has 0 aliphatic carbocycles. The van der Waals surface area contributed by atoms with Crippen LogP contribution in [0.5, 0.6) is 0 Å². The summed E-state index contributed by atoms with van der Waals surface area (Å²) in [6.45, 7) is 0. The van der Waals surface area contributed by atoms with Crippen LogP contribution in [0.15, 0.2) is 61.2 Å². The van der Waals surface area contributed by atoms with Crippen molar-refractivity contribution < 1.29 is 14.0 Å². The van der Waals surface area contributed by atoms with E-state index in [9.17, 15) is 4.79 Å². The number of amides is 1. The summed E-state index contributed by atoms with van der Waals surface area (Å²) in [6, 6.07) is 11.5. The summed E-state index contributed by atoms with van der Waals surface area (Å²) in [5.74, 6) is 0. The molecular formula is C12H15N3O+2. The van der Waals surface area contributed by atoms with Crippen LogP contribution in [0.2, 0.25) is 0 Å². The van der Waals surface area contributed by atoms with E-state index in [0.717, 1.165) is 0 Å². The Labute approximate surface area is 94.8 Å². The van der Waals surface area contributed by atoms with E-state index in [0.29, 0.717) is 6.41 Å². The van der Waals surface area contributed by atoms with E-state index < -0.39 is 0 Å². The van der Waals surface area contributed by atoms with E-state index in [2.05, 4.69) is 5.43 Å². The fourth-order valence-electron chi connectivity index (χ4n) is 1.03. The zero-order chi connectivity index (χ0) is 11.6. The van der Waals surface area contributed by atoms with Gasteiger partial charge in [0.05, 0.1) is 0 Å². The molecule has 0 spiro atoms. The Morgan fingerprint density at radius 2 is 1.38 bits per heavy atom. The molecule has 2 aromatic heterocycles. The number of aryl methyl sites for hydroxylation is 1. The first-order valence-corrected chi connectivity index (χ1v) is 4.89. The van der Waals surface area contributed by atoms with E-state index in [4.69, 9.17) is 0 Å². The fourth-order valence-corrected chi connectivity index (χ4v) is 1.03. The topological polar surface area (TPSA) is 36.9 Å². The van der Waals surface area contributed by atoms with Crippen LogP contribution in [-0.4, -0.2) is 6.41 Å². The molecule has 82 valence electrons. The van der Waals surface area contributed by atoms with Crippen LogP contribution in [0.4, 0.5) is 0 Å². The van der Waals surface area contributed by atoms with Crippen LogP contribution in [0, 0.1) is 0 Å². The zero-order valence-corrected chi connectivity index (χ0v) is 9.15. The molecule has 0 unspecified atom stereocenters. The molecular weight excluding hydrogens is 202 g/mol. The highest BCUT2D eigenvalue weighted by Gasteiger charge is 1.89. The minimum absolute atomic E-state index is 0.625. The average Bonchev–Trinajstić information content (AvgIpc) is 2.33. The van der Waals surface area contributed by atoms with Crippen molar-refractivity contribution >= 4 is 6.41 Å². The summed E-state index contributed by atoms with van der Waals surface area (Å²) in [4.78, 5) is 9.84. The Hall–Kier alpha value is -2.23. The number of nitrogens with one attached hydrogen (secondary N) is 1. The molecule has 0 saturated heterocycles. The van der Waals surface area contributed by atoms with Gasteiger partial charge in [-0.3, -0.25) is 4.79 Å². The third-order valence-corrected chi connectivity index (χ3v) is 1.78. The van der Waals surface area contributed by atoms with Gasteiger partial charge in [0.1, 0.15) is 7.05 Å². The normalized spacial score (nSPS) is 8.56. The second-order valence-electron chi connectivity index (χ2n) is 3.07. The van der Waals surface area contributed by atoms with Crippen molar-refractivity contribution in [1.29, 1.82) is 0 Å². The zero-order valence-electron chi connectivity index (χ0n) is 9.15. The quantitative estimate of drug-likeness (QED) is 0.565. The predicted octanol–water partition coefficient (Wildman–Crippen LogP) is 0.185.